The quantitative estimate of drug-likeness (QED) is 0.443. The van der Waals surface area contributed by atoms with Crippen molar-refractivity contribution >= 4 is 38.2 Å². The van der Waals surface area contributed by atoms with E-state index in [2.05, 4.69) is 5.32 Å². The summed E-state index contributed by atoms with van der Waals surface area (Å²) in [5.41, 5.74) is 0.704. The van der Waals surface area contributed by atoms with Crippen LogP contribution in [-0.4, -0.2) is 54.4 Å². The molecule has 0 spiro atoms. The van der Waals surface area contributed by atoms with Crippen LogP contribution in [0.4, 0.5) is 15.8 Å². The molecule has 3 aromatic rings. The first-order valence-electron chi connectivity index (χ1n) is 9.66. The van der Waals surface area contributed by atoms with Crippen LogP contribution in [0.1, 0.15) is 0 Å². The molecule has 0 radical (unpaired) electrons. The van der Waals surface area contributed by atoms with Gasteiger partial charge in [0.15, 0.2) is 0 Å². The molecular weight excluding hydrogens is 443 g/mol. The van der Waals surface area contributed by atoms with Crippen molar-refractivity contribution < 1.29 is 27.3 Å². The monoisotopic (exact) mass is 462 g/mol. The highest BCUT2D eigenvalue weighted by Crippen LogP contribution is 2.25. The average Bonchev–Trinajstić information content (AvgIpc) is 3.17. The predicted molar refractivity (Wildman–Crippen MR) is 113 cm³/mol. The van der Waals surface area contributed by atoms with Gasteiger partial charge in [-0.15, -0.1) is 0 Å². The number of rotatable bonds is 6. The van der Waals surface area contributed by atoms with Gasteiger partial charge in [0, 0.05) is 48.0 Å². The molecule has 1 amide bonds. The van der Waals surface area contributed by atoms with E-state index in [4.69, 9.17) is 4.74 Å². The number of morpholine rings is 1. The lowest BCUT2D eigenvalue weighted by atomic mass is 10.2. The Kier molecular flexibility index (Phi) is 5.91. The lowest BCUT2D eigenvalue weighted by Crippen LogP contribution is -2.40. The predicted octanol–water partition coefficient (Wildman–Crippen LogP) is 2.35. The lowest BCUT2D eigenvalue weighted by Gasteiger charge is -2.26. The number of carbonyl (C=O) groups excluding carboxylic acids is 1. The zero-order chi connectivity index (χ0) is 22.9. The molecule has 1 fully saturated rings. The van der Waals surface area contributed by atoms with Crippen molar-refractivity contribution in [2.45, 2.75) is 11.4 Å². The molecule has 2 heterocycles. The third-order valence-electron chi connectivity index (χ3n) is 5.08. The van der Waals surface area contributed by atoms with Gasteiger partial charge in [0.2, 0.25) is 15.9 Å². The highest BCUT2D eigenvalue weighted by atomic mass is 32.2. The summed E-state index contributed by atoms with van der Waals surface area (Å²) in [6.07, 6.45) is 1.62. The zero-order valence-electron chi connectivity index (χ0n) is 16.7. The van der Waals surface area contributed by atoms with Crippen LogP contribution in [0.3, 0.4) is 0 Å². The third-order valence-corrected chi connectivity index (χ3v) is 7.00. The average molecular weight is 462 g/mol. The van der Waals surface area contributed by atoms with Gasteiger partial charge >= 0.3 is 0 Å². The maximum Gasteiger partial charge on any atom is 0.270 e. The van der Waals surface area contributed by atoms with Gasteiger partial charge in [-0.05, 0) is 30.3 Å². The van der Waals surface area contributed by atoms with E-state index in [1.165, 1.54) is 18.2 Å². The fourth-order valence-corrected chi connectivity index (χ4v) is 5.00. The highest BCUT2D eigenvalue weighted by molar-refractivity contribution is 7.89. The van der Waals surface area contributed by atoms with E-state index in [-0.39, 0.29) is 44.2 Å². The van der Waals surface area contributed by atoms with Crippen molar-refractivity contribution in [1.82, 2.24) is 8.87 Å². The Labute approximate surface area is 182 Å². The van der Waals surface area contributed by atoms with E-state index in [1.54, 1.807) is 22.9 Å². The number of benzene rings is 2. The number of sulfonamides is 1. The van der Waals surface area contributed by atoms with Crippen LogP contribution in [-0.2, 0) is 26.1 Å². The number of aromatic nitrogens is 1. The van der Waals surface area contributed by atoms with Gasteiger partial charge in [-0.1, -0.05) is 0 Å². The Morgan fingerprint density at radius 1 is 1.16 bits per heavy atom. The summed E-state index contributed by atoms with van der Waals surface area (Å²) in [5.74, 6) is -1.38. The molecule has 0 aliphatic carbocycles. The Hall–Kier alpha value is -3.35. The Balaban J connectivity index is 1.52. The number of hydrogen-bond acceptors (Lipinski definition) is 6. The van der Waals surface area contributed by atoms with Gasteiger partial charge in [0.05, 0.1) is 18.1 Å². The number of halogens is 1. The summed E-state index contributed by atoms with van der Waals surface area (Å²) in [6, 6.07) is 9.32. The lowest BCUT2D eigenvalue weighted by molar-refractivity contribution is -0.384. The molecule has 0 saturated carbocycles. The van der Waals surface area contributed by atoms with Crippen molar-refractivity contribution in [2.75, 3.05) is 31.6 Å². The first-order valence-corrected chi connectivity index (χ1v) is 11.1. The Morgan fingerprint density at radius 2 is 1.91 bits per heavy atom. The number of nitrogens with one attached hydrogen (secondary N) is 1. The molecule has 1 aliphatic heterocycles. The smallest absolute Gasteiger partial charge is 0.270 e. The number of nitro benzene ring substituents is 1. The molecule has 12 heteroatoms. The number of amides is 1. The minimum Gasteiger partial charge on any atom is -0.379 e. The topological polar surface area (TPSA) is 124 Å². The molecule has 32 heavy (non-hydrogen) atoms. The Morgan fingerprint density at radius 3 is 2.62 bits per heavy atom. The normalized spacial score (nSPS) is 15.0. The van der Waals surface area contributed by atoms with E-state index in [0.717, 1.165) is 16.4 Å². The number of ether oxygens (including phenoxy) is 1. The largest absolute Gasteiger partial charge is 0.379 e. The second-order valence-electron chi connectivity index (χ2n) is 7.15. The van der Waals surface area contributed by atoms with Crippen molar-refractivity contribution in [1.29, 1.82) is 0 Å². The summed E-state index contributed by atoms with van der Waals surface area (Å²) in [6.45, 7) is 0.579. The SMILES string of the molecule is O=C(Cn1ccc2cc([N+](=O)[O-])ccc21)Nc1ccc(F)c(S(=O)(=O)N2CCOCC2)c1. The van der Waals surface area contributed by atoms with E-state index < -0.39 is 31.6 Å². The fourth-order valence-electron chi connectivity index (χ4n) is 3.50. The number of nitro groups is 1. The first-order chi connectivity index (χ1) is 15.3. The maximum atomic E-state index is 14.3. The van der Waals surface area contributed by atoms with Crippen LogP contribution < -0.4 is 5.32 Å². The van der Waals surface area contributed by atoms with Gasteiger partial charge in [-0.2, -0.15) is 4.31 Å². The molecule has 0 atom stereocenters. The van der Waals surface area contributed by atoms with Crippen molar-refractivity contribution in [3.8, 4) is 0 Å². The molecule has 1 saturated heterocycles. The fraction of sp³-hybridized carbons (Fsp3) is 0.250. The van der Waals surface area contributed by atoms with Gasteiger partial charge in [0.25, 0.3) is 5.69 Å². The molecule has 1 aromatic heterocycles. The van der Waals surface area contributed by atoms with E-state index in [1.807, 2.05) is 0 Å². The van der Waals surface area contributed by atoms with Crippen molar-refractivity contribution in [2.24, 2.45) is 0 Å². The molecule has 168 valence electrons. The molecular formula is C20H19FN4O6S. The van der Waals surface area contributed by atoms with E-state index in [9.17, 15) is 27.7 Å². The summed E-state index contributed by atoms with van der Waals surface area (Å²) in [4.78, 5) is 22.4. The summed E-state index contributed by atoms with van der Waals surface area (Å²) >= 11 is 0. The van der Waals surface area contributed by atoms with Crippen LogP contribution in [0, 0.1) is 15.9 Å². The molecule has 10 nitrogen and oxygen atoms in total. The van der Waals surface area contributed by atoms with Crippen LogP contribution in [0.5, 0.6) is 0 Å². The van der Waals surface area contributed by atoms with Crippen LogP contribution >= 0.6 is 0 Å². The van der Waals surface area contributed by atoms with Crippen LogP contribution in [0.15, 0.2) is 53.6 Å². The number of anilines is 1. The Bertz CT molecular complexity index is 1300. The molecule has 4 rings (SSSR count). The van der Waals surface area contributed by atoms with Gasteiger partial charge < -0.3 is 14.6 Å². The second-order valence-corrected chi connectivity index (χ2v) is 9.06. The molecule has 0 bridgehead atoms. The number of nitrogens with zero attached hydrogens (tertiary/aromatic N) is 3. The standard InChI is InChI=1S/C20H19FN4O6S/c21-17-3-1-15(12-19(17)32(29,30)24-7-9-31-10-8-24)22-20(26)13-23-6-5-14-11-16(25(27)28)2-4-18(14)23/h1-6,11-12H,7-10,13H2,(H,22,26). The van der Waals surface area contributed by atoms with Crippen LogP contribution in [0.2, 0.25) is 0 Å². The second kappa shape index (κ2) is 8.65. The van der Waals surface area contributed by atoms with E-state index in [0.29, 0.717) is 10.9 Å². The zero-order valence-corrected chi connectivity index (χ0v) is 17.5. The number of carbonyl (C=O) groups is 1. The summed E-state index contributed by atoms with van der Waals surface area (Å²) in [5, 5.41) is 14.1. The minimum absolute atomic E-state index is 0.0555. The van der Waals surface area contributed by atoms with E-state index >= 15 is 0 Å². The summed E-state index contributed by atoms with van der Waals surface area (Å²) < 4.78 is 47.8. The van der Waals surface area contributed by atoms with Gasteiger partial charge in [0.1, 0.15) is 17.3 Å². The van der Waals surface area contributed by atoms with Crippen molar-refractivity contribution in [3.63, 3.8) is 0 Å². The van der Waals surface area contributed by atoms with Crippen LogP contribution in [0.25, 0.3) is 10.9 Å². The summed E-state index contributed by atoms with van der Waals surface area (Å²) in [7, 11) is -4.07. The molecule has 0 unspecified atom stereocenters. The van der Waals surface area contributed by atoms with Gasteiger partial charge in [-0.25, -0.2) is 12.8 Å². The number of non-ortho nitro benzene ring substituents is 1. The molecule has 1 aliphatic rings. The van der Waals surface area contributed by atoms with Gasteiger partial charge in [-0.3, -0.25) is 14.9 Å². The third kappa shape index (κ3) is 4.33. The maximum absolute atomic E-state index is 14.3. The highest BCUT2D eigenvalue weighted by Gasteiger charge is 2.29. The minimum atomic E-state index is -4.07. The molecule has 1 N–H and O–H groups in total. The number of hydrogen-bond donors (Lipinski definition) is 1. The number of fused-ring (bicyclic) bond motifs is 1. The molecule has 2 aromatic carbocycles. The first kappa shape index (κ1) is 21.9. The van der Waals surface area contributed by atoms with Crippen molar-refractivity contribution in [3.05, 3.63) is 64.6 Å².